The highest BCUT2D eigenvalue weighted by Crippen LogP contribution is 2.38. The van der Waals surface area contributed by atoms with Crippen molar-refractivity contribution in [3.8, 4) is 0 Å². The Kier molecular flexibility index (Phi) is 7.59. The molecule has 4 nitrogen and oxygen atoms in total. The molecule has 4 rings (SSSR count). The summed E-state index contributed by atoms with van der Waals surface area (Å²) in [5, 5.41) is 1.62. The van der Waals surface area contributed by atoms with Crippen molar-refractivity contribution in [2.75, 3.05) is 22.7 Å². The first-order chi connectivity index (χ1) is 16.7. The number of sulfonamides is 1. The van der Waals surface area contributed by atoms with Crippen LogP contribution in [0.4, 0.5) is 24.5 Å². The van der Waals surface area contributed by atoms with Crippen molar-refractivity contribution in [2.24, 2.45) is 5.92 Å². The van der Waals surface area contributed by atoms with Crippen molar-refractivity contribution in [3.05, 3.63) is 66.2 Å². The van der Waals surface area contributed by atoms with Gasteiger partial charge >= 0.3 is 6.18 Å². The maximum absolute atomic E-state index is 13.6. The Bertz CT molecular complexity index is 1270. The third-order valence-electron chi connectivity index (χ3n) is 6.64. The number of nitrogens with zero attached hydrogens (tertiary/aromatic N) is 1. The molecule has 8 heteroatoms. The van der Waals surface area contributed by atoms with Gasteiger partial charge in [-0.15, -0.1) is 0 Å². The molecule has 3 aromatic rings. The minimum Gasteiger partial charge on any atom is -0.370 e. The Morgan fingerprint density at radius 2 is 1.66 bits per heavy atom. The van der Waals surface area contributed by atoms with Crippen molar-refractivity contribution in [1.29, 1.82) is 0 Å². The van der Waals surface area contributed by atoms with Crippen molar-refractivity contribution in [1.82, 2.24) is 0 Å². The first-order valence-corrected chi connectivity index (χ1v) is 13.6. The molecule has 1 aliphatic rings. The summed E-state index contributed by atoms with van der Waals surface area (Å²) in [5.41, 5.74) is -0.446. The van der Waals surface area contributed by atoms with Crippen LogP contribution in [0.25, 0.3) is 10.8 Å². The summed E-state index contributed by atoms with van der Waals surface area (Å²) in [6.07, 6.45) is 1.89. The predicted molar refractivity (Wildman–Crippen MR) is 135 cm³/mol. The monoisotopic (exact) mass is 504 g/mol. The lowest BCUT2D eigenvalue weighted by atomic mass is 9.88. The lowest BCUT2D eigenvalue weighted by Gasteiger charge is -2.33. The fourth-order valence-corrected chi connectivity index (χ4v) is 5.97. The van der Waals surface area contributed by atoms with E-state index in [9.17, 15) is 21.6 Å². The van der Waals surface area contributed by atoms with Gasteiger partial charge in [-0.3, -0.25) is 4.72 Å². The maximum Gasteiger partial charge on any atom is 0.416 e. The van der Waals surface area contributed by atoms with Gasteiger partial charge in [0.25, 0.3) is 10.0 Å². The predicted octanol–water partition coefficient (Wildman–Crippen LogP) is 7.46. The van der Waals surface area contributed by atoms with E-state index in [0.29, 0.717) is 24.7 Å². The van der Waals surface area contributed by atoms with Crippen LogP contribution < -0.4 is 9.62 Å². The van der Waals surface area contributed by atoms with Gasteiger partial charge in [0.05, 0.1) is 21.8 Å². The van der Waals surface area contributed by atoms with Crippen molar-refractivity contribution < 1.29 is 21.6 Å². The number of halogens is 3. The normalized spacial score (nSPS) is 15.3. The second-order valence-corrected chi connectivity index (χ2v) is 11.0. The number of nitrogens with one attached hydrogen (secondary N) is 1. The second-order valence-electron chi connectivity index (χ2n) is 9.29. The SMILES string of the molecule is CCCN(CC1CCCCC1)c1ccc(C(F)(F)F)cc1NS(=O)(=O)c1ccc2ccccc2c1. The molecule has 0 radical (unpaired) electrons. The molecule has 0 bridgehead atoms. The zero-order chi connectivity index (χ0) is 25.1. The van der Waals surface area contributed by atoms with Gasteiger partial charge in [0, 0.05) is 13.1 Å². The molecule has 1 saturated carbocycles. The van der Waals surface area contributed by atoms with Gasteiger partial charge < -0.3 is 4.90 Å². The van der Waals surface area contributed by atoms with Crippen LogP contribution in [0.3, 0.4) is 0 Å². The summed E-state index contributed by atoms with van der Waals surface area (Å²) >= 11 is 0. The molecule has 0 aliphatic heterocycles. The average molecular weight is 505 g/mol. The van der Waals surface area contributed by atoms with Gasteiger partial charge in [0.15, 0.2) is 0 Å². The fourth-order valence-electron chi connectivity index (χ4n) is 4.87. The highest BCUT2D eigenvalue weighted by molar-refractivity contribution is 7.92. The number of hydrogen-bond donors (Lipinski definition) is 1. The molecule has 0 unspecified atom stereocenters. The minimum atomic E-state index is -4.58. The van der Waals surface area contributed by atoms with Gasteiger partial charge in [-0.05, 0) is 66.3 Å². The Morgan fingerprint density at radius 1 is 0.943 bits per heavy atom. The fraction of sp³-hybridized carbons (Fsp3) is 0.407. The Balaban J connectivity index is 1.72. The van der Waals surface area contributed by atoms with E-state index in [0.717, 1.165) is 55.0 Å². The maximum atomic E-state index is 13.6. The van der Waals surface area contributed by atoms with Gasteiger partial charge in [-0.25, -0.2) is 8.42 Å². The quantitative estimate of drug-likeness (QED) is 0.346. The summed E-state index contributed by atoms with van der Waals surface area (Å²) in [7, 11) is -4.12. The van der Waals surface area contributed by atoms with E-state index >= 15 is 0 Å². The van der Waals surface area contributed by atoms with Gasteiger partial charge in [0.2, 0.25) is 0 Å². The van der Waals surface area contributed by atoms with E-state index in [-0.39, 0.29) is 10.6 Å². The third kappa shape index (κ3) is 6.10. The standard InChI is InChI=1S/C27H31F3N2O2S/c1-2-16-32(19-20-8-4-3-5-9-20)26-15-13-23(27(28,29)30)18-25(26)31-35(33,34)24-14-12-21-10-6-7-11-22(21)17-24/h6-7,10-15,17-18,20,31H,2-5,8-9,16,19H2,1H3. The lowest BCUT2D eigenvalue weighted by Crippen LogP contribution is -2.32. The van der Waals surface area contributed by atoms with E-state index in [1.54, 1.807) is 12.1 Å². The van der Waals surface area contributed by atoms with E-state index < -0.39 is 21.8 Å². The molecule has 0 spiro atoms. The van der Waals surface area contributed by atoms with Crippen LogP contribution in [0.2, 0.25) is 0 Å². The number of alkyl halides is 3. The summed E-state index contributed by atoms with van der Waals surface area (Å²) < 4.78 is 69.8. The summed E-state index contributed by atoms with van der Waals surface area (Å²) in [6.45, 7) is 3.34. The largest absolute Gasteiger partial charge is 0.416 e. The molecule has 1 fully saturated rings. The number of rotatable bonds is 8. The molecule has 3 aromatic carbocycles. The number of benzene rings is 3. The molecule has 0 aromatic heterocycles. The highest BCUT2D eigenvalue weighted by Gasteiger charge is 2.32. The van der Waals surface area contributed by atoms with Crippen LogP contribution in [-0.2, 0) is 16.2 Å². The topological polar surface area (TPSA) is 49.4 Å². The molecule has 35 heavy (non-hydrogen) atoms. The van der Waals surface area contributed by atoms with Crippen LogP contribution in [0.15, 0.2) is 65.6 Å². The minimum absolute atomic E-state index is 0.00823. The van der Waals surface area contributed by atoms with Gasteiger partial charge in [-0.2, -0.15) is 13.2 Å². The van der Waals surface area contributed by atoms with Crippen LogP contribution in [0.5, 0.6) is 0 Å². The molecule has 188 valence electrons. The van der Waals surface area contributed by atoms with Crippen LogP contribution in [-0.4, -0.2) is 21.5 Å². The average Bonchev–Trinajstić information content (AvgIpc) is 2.83. The number of fused-ring (bicyclic) bond motifs is 1. The van der Waals surface area contributed by atoms with E-state index in [2.05, 4.69) is 4.72 Å². The van der Waals surface area contributed by atoms with Crippen molar-refractivity contribution >= 4 is 32.2 Å². The first kappa shape index (κ1) is 25.4. The zero-order valence-corrected chi connectivity index (χ0v) is 20.6. The van der Waals surface area contributed by atoms with Crippen LogP contribution in [0.1, 0.15) is 51.0 Å². The zero-order valence-electron chi connectivity index (χ0n) is 19.8. The van der Waals surface area contributed by atoms with E-state index in [1.807, 2.05) is 30.0 Å². The summed E-state index contributed by atoms with van der Waals surface area (Å²) in [4.78, 5) is 2.04. The lowest BCUT2D eigenvalue weighted by molar-refractivity contribution is -0.137. The Labute approximate surface area is 205 Å². The second kappa shape index (κ2) is 10.5. The van der Waals surface area contributed by atoms with Crippen LogP contribution in [0, 0.1) is 5.92 Å². The highest BCUT2D eigenvalue weighted by atomic mass is 32.2. The molecule has 0 heterocycles. The van der Waals surface area contributed by atoms with Crippen molar-refractivity contribution in [2.45, 2.75) is 56.5 Å². The Morgan fingerprint density at radius 3 is 2.34 bits per heavy atom. The van der Waals surface area contributed by atoms with E-state index in [4.69, 9.17) is 0 Å². The van der Waals surface area contributed by atoms with E-state index in [1.165, 1.54) is 24.6 Å². The molecular formula is C27H31F3N2O2S. The molecule has 0 saturated heterocycles. The molecular weight excluding hydrogens is 473 g/mol. The first-order valence-electron chi connectivity index (χ1n) is 12.1. The Hall–Kier alpha value is -2.74. The van der Waals surface area contributed by atoms with Gasteiger partial charge in [-0.1, -0.05) is 56.5 Å². The molecule has 1 N–H and O–H groups in total. The number of anilines is 2. The van der Waals surface area contributed by atoms with Gasteiger partial charge in [0.1, 0.15) is 0 Å². The molecule has 1 aliphatic carbocycles. The summed E-state index contributed by atoms with van der Waals surface area (Å²) in [6, 6.07) is 15.4. The van der Waals surface area contributed by atoms with Crippen LogP contribution >= 0.6 is 0 Å². The molecule has 0 atom stereocenters. The third-order valence-corrected chi connectivity index (χ3v) is 8.00. The molecule has 0 amide bonds. The number of hydrogen-bond acceptors (Lipinski definition) is 3. The van der Waals surface area contributed by atoms with Crippen molar-refractivity contribution in [3.63, 3.8) is 0 Å². The smallest absolute Gasteiger partial charge is 0.370 e. The summed E-state index contributed by atoms with van der Waals surface area (Å²) in [5.74, 6) is 0.447.